The molecule has 0 aliphatic carbocycles. The van der Waals surface area contributed by atoms with E-state index in [2.05, 4.69) is 27.8 Å². The van der Waals surface area contributed by atoms with Crippen molar-refractivity contribution in [3.63, 3.8) is 0 Å². The Morgan fingerprint density at radius 1 is 1.09 bits per heavy atom. The van der Waals surface area contributed by atoms with Crippen LogP contribution in [0.5, 0.6) is 0 Å². The van der Waals surface area contributed by atoms with Crippen molar-refractivity contribution in [3.05, 3.63) is 89.1 Å². The summed E-state index contributed by atoms with van der Waals surface area (Å²) in [5, 5.41) is 5.97. The van der Waals surface area contributed by atoms with E-state index in [1.807, 2.05) is 48.5 Å². The first-order valence-electron chi connectivity index (χ1n) is 10.5. The highest BCUT2D eigenvalue weighted by atomic mass is 16.2. The second kappa shape index (κ2) is 9.47. The number of aromatic amines is 2. The fourth-order valence-electron chi connectivity index (χ4n) is 4.03. The monoisotopic (exact) mass is 431 g/mol. The van der Waals surface area contributed by atoms with Gasteiger partial charge in [0.2, 0.25) is 11.7 Å². The molecule has 8 nitrogen and oxygen atoms in total. The largest absolute Gasteiger partial charge is 0.341 e. The van der Waals surface area contributed by atoms with Crippen LogP contribution in [0.15, 0.2) is 72.0 Å². The van der Waals surface area contributed by atoms with Gasteiger partial charge in [0.1, 0.15) is 0 Å². The van der Waals surface area contributed by atoms with Gasteiger partial charge in [-0.25, -0.2) is 9.89 Å². The summed E-state index contributed by atoms with van der Waals surface area (Å²) in [6, 6.07) is 18.2. The van der Waals surface area contributed by atoms with E-state index in [1.165, 1.54) is 0 Å². The number of carbonyl (C=O) groups excluding carboxylic acids is 2. The Hall–Kier alpha value is -3.94. The third-order valence-corrected chi connectivity index (χ3v) is 5.60. The van der Waals surface area contributed by atoms with Crippen LogP contribution in [-0.4, -0.2) is 63.0 Å². The first-order valence-corrected chi connectivity index (χ1v) is 10.5. The molecule has 4 rings (SSSR count). The van der Waals surface area contributed by atoms with Gasteiger partial charge in [0.05, 0.1) is 5.92 Å². The standard InChI is InChI=1S/C24H25N5O3/c1-2-11-28-12-13-29(23(31)21-25-24(32)27-26-21)16-20(22(28)30)15-17-7-6-10-19(14-17)18-8-4-3-5-9-18/h2-10,14,20H,1,11-13,15-16H2,(H2,25,26,27,32). The second-order valence-corrected chi connectivity index (χ2v) is 7.82. The number of rotatable bonds is 6. The summed E-state index contributed by atoms with van der Waals surface area (Å²) in [4.78, 5) is 43.2. The predicted octanol–water partition coefficient (Wildman–Crippen LogP) is 2.09. The van der Waals surface area contributed by atoms with Gasteiger partial charge in [-0.2, -0.15) is 0 Å². The van der Waals surface area contributed by atoms with E-state index >= 15 is 0 Å². The number of benzene rings is 2. The van der Waals surface area contributed by atoms with Crippen LogP contribution >= 0.6 is 0 Å². The van der Waals surface area contributed by atoms with Crippen LogP contribution in [0.3, 0.4) is 0 Å². The maximum atomic E-state index is 13.3. The summed E-state index contributed by atoms with van der Waals surface area (Å²) in [7, 11) is 0. The quantitative estimate of drug-likeness (QED) is 0.584. The Morgan fingerprint density at radius 3 is 2.59 bits per heavy atom. The molecule has 8 heteroatoms. The number of aromatic nitrogens is 3. The third-order valence-electron chi connectivity index (χ3n) is 5.60. The lowest BCUT2D eigenvalue weighted by Gasteiger charge is -2.23. The Labute approximate surface area is 185 Å². The van der Waals surface area contributed by atoms with Crippen LogP contribution in [0.4, 0.5) is 0 Å². The Bertz CT molecular complexity index is 1170. The van der Waals surface area contributed by atoms with Crippen molar-refractivity contribution in [2.45, 2.75) is 6.42 Å². The zero-order valence-electron chi connectivity index (χ0n) is 17.7. The molecule has 0 spiro atoms. The number of carbonyl (C=O) groups is 2. The SMILES string of the molecule is C=CCN1CCN(C(=O)c2n[nH]c(=O)[nH]2)CC(Cc2cccc(-c3ccccc3)c2)C1=O. The minimum absolute atomic E-state index is 0.0131. The summed E-state index contributed by atoms with van der Waals surface area (Å²) in [5.74, 6) is -0.886. The van der Waals surface area contributed by atoms with Crippen LogP contribution < -0.4 is 5.69 Å². The lowest BCUT2D eigenvalue weighted by atomic mass is 9.94. The zero-order valence-corrected chi connectivity index (χ0v) is 17.7. The number of nitrogens with zero attached hydrogens (tertiary/aromatic N) is 3. The average molecular weight is 431 g/mol. The molecule has 1 atom stereocenters. The van der Waals surface area contributed by atoms with Crippen LogP contribution in [0.1, 0.15) is 16.2 Å². The van der Waals surface area contributed by atoms with Crippen molar-refractivity contribution in [1.29, 1.82) is 0 Å². The molecule has 1 unspecified atom stereocenters. The smallest absolute Gasteiger partial charge is 0.337 e. The van der Waals surface area contributed by atoms with E-state index in [-0.39, 0.29) is 18.3 Å². The molecule has 2 heterocycles. The maximum absolute atomic E-state index is 13.3. The van der Waals surface area contributed by atoms with Crippen molar-refractivity contribution in [3.8, 4) is 11.1 Å². The normalized spacial score (nSPS) is 16.6. The highest BCUT2D eigenvalue weighted by Gasteiger charge is 2.33. The van der Waals surface area contributed by atoms with Crippen LogP contribution in [0.25, 0.3) is 11.1 Å². The molecule has 1 fully saturated rings. The van der Waals surface area contributed by atoms with Gasteiger partial charge in [0.15, 0.2) is 0 Å². The van der Waals surface area contributed by atoms with Crippen LogP contribution in [-0.2, 0) is 11.2 Å². The molecular formula is C24H25N5O3. The maximum Gasteiger partial charge on any atom is 0.341 e. The number of amides is 2. The third kappa shape index (κ3) is 4.69. The fourth-order valence-corrected chi connectivity index (χ4v) is 4.03. The van der Waals surface area contributed by atoms with E-state index in [1.54, 1.807) is 15.9 Å². The van der Waals surface area contributed by atoms with Crippen molar-refractivity contribution in [2.75, 3.05) is 26.2 Å². The molecule has 0 radical (unpaired) electrons. The Balaban J connectivity index is 1.59. The van der Waals surface area contributed by atoms with E-state index in [0.29, 0.717) is 26.1 Å². The van der Waals surface area contributed by atoms with Crippen molar-refractivity contribution in [2.24, 2.45) is 5.92 Å². The van der Waals surface area contributed by atoms with Gasteiger partial charge in [-0.3, -0.25) is 14.6 Å². The molecule has 1 aromatic heterocycles. The summed E-state index contributed by atoms with van der Waals surface area (Å²) < 4.78 is 0. The molecule has 1 saturated heterocycles. The molecule has 1 aliphatic heterocycles. The molecule has 2 aromatic carbocycles. The Morgan fingerprint density at radius 2 is 1.88 bits per heavy atom. The fraction of sp³-hybridized carbons (Fsp3) is 0.250. The molecule has 1 aliphatic rings. The predicted molar refractivity (Wildman–Crippen MR) is 121 cm³/mol. The van der Waals surface area contributed by atoms with Crippen LogP contribution in [0, 0.1) is 5.92 Å². The molecule has 2 amide bonds. The van der Waals surface area contributed by atoms with Gasteiger partial charge < -0.3 is 9.80 Å². The highest BCUT2D eigenvalue weighted by Crippen LogP contribution is 2.23. The van der Waals surface area contributed by atoms with Gasteiger partial charge in [0, 0.05) is 26.2 Å². The minimum Gasteiger partial charge on any atom is -0.337 e. The lowest BCUT2D eigenvalue weighted by molar-refractivity contribution is -0.134. The zero-order chi connectivity index (χ0) is 22.5. The highest BCUT2D eigenvalue weighted by molar-refractivity contribution is 5.91. The van der Waals surface area contributed by atoms with Crippen molar-refractivity contribution >= 4 is 11.8 Å². The molecule has 2 N–H and O–H groups in total. The molecule has 32 heavy (non-hydrogen) atoms. The number of H-pyrrole nitrogens is 2. The molecule has 164 valence electrons. The topological polar surface area (TPSA) is 102 Å². The van der Waals surface area contributed by atoms with Gasteiger partial charge in [-0.1, -0.05) is 60.7 Å². The minimum atomic E-state index is -0.540. The summed E-state index contributed by atoms with van der Waals surface area (Å²) >= 11 is 0. The van der Waals surface area contributed by atoms with E-state index in [0.717, 1.165) is 16.7 Å². The van der Waals surface area contributed by atoms with Gasteiger partial charge in [-0.15, -0.1) is 11.7 Å². The molecule has 3 aromatic rings. The van der Waals surface area contributed by atoms with Gasteiger partial charge in [-0.05, 0) is 23.1 Å². The van der Waals surface area contributed by atoms with E-state index in [9.17, 15) is 14.4 Å². The number of nitrogens with one attached hydrogen (secondary N) is 2. The molecular weight excluding hydrogens is 406 g/mol. The van der Waals surface area contributed by atoms with Crippen molar-refractivity contribution in [1.82, 2.24) is 25.0 Å². The van der Waals surface area contributed by atoms with E-state index in [4.69, 9.17) is 0 Å². The molecule has 0 saturated carbocycles. The first kappa shape index (κ1) is 21.3. The summed E-state index contributed by atoms with van der Waals surface area (Å²) in [6.45, 7) is 5.16. The summed E-state index contributed by atoms with van der Waals surface area (Å²) in [6.07, 6.45) is 2.18. The van der Waals surface area contributed by atoms with Crippen LogP contribution in [0.2, 0.25) is 0 Å². The Kier molecular flexibility index (Phi) is 6.30. The lowest BCUT2D eigenvalue weighted by Crippen LogP contribution is -2.38. The first-order chi connectivity index (χ1) is 15.5. The molecule has 0 bridgehead atoms. The summed E-state index contributed by atoms with van der Waals surface area (Å²) in [5.41, 5.74) is 2.66. The van der Waals surface area contributed by atoms with Crippen molar-refractivity contribution < 1.29 is 9.59 Å². The van der Waals surface area contributed by atoms with E-state index < -0.39 is 17.5 Å². The second-order valence-electron chi connectivity index (χ2n) is 7.82. The number of hydrogen-bond donors (Lipinski definition) is 2. The van der Waals surface area contributed by atoms with Gasteiger partial charge in [0.25, 0.3) is 5.91 Å². The van der Waals surface area contributed by atoms with Gasteiger partial charge >= 0.3 is 5.69 Å². The number of hydrogen-bond acceptors (Lipinski definition) is 4. The average Bonchev–Trinajstić information content (AvgIpc) is 3.20.